The van der Waals surface area contributed by atoms with Crippen molar-refractivity contribution in [3.8, 4) is 11.5 Å². The Kier molecular flexibility index (Phi) is 5.68. The van der Waals surface area contributed by atoms with Crippen molar-refractivity contribution in [1.29, 1.82) is 0 Å². The first-order valence-corrected chi connectivity index (χ1v) is 7.91. The predicted octanol–water partition coefficient (Wildman–Crippen LogP) is 3.81. The number of nitrogens with one attached hydrogen (secondary N) is 1. The van der Waals surface area contributed by atoms with Crippen LogP contribution in [0.3, 0.4) is 0 Å². The Labute approximate surface area is 142 Å². The highest BCUT2D eigenvalue weighted by atomic mass is 16.5. The lowest BCUT2D eigenvalue weighted by Crippen LogP contribution is -2.30. The van der Waals surface area contributed by atoms with E-state index in [-0.39, 0.29) is 5.91 Å². The molecule has 1 atom stereocenters. The largest absolute Gasteiger partial charge is 0.495 e. The predicted molar refractivity (Wildman–Crippen MR) is 96.7 cm³/mol. The van der Waals surface area contributed by atoms with Crippen LogP contribution in [0.4, 0.5) is 11.4 Å². The van der Waals surface area contributed by atoms with E-state index >= 15 is 0 Å². The molecule has 0 bridgehead atoms. The third-order valence-electron chi connectivity index (χ3n) is 3.71. The van der Waals surface area contributed by atoms with Crippen molar-refractivity contribution in [1.82, 2.24) is 0 Å². The molecule has 0 radical (unpaired) electrons. The highest BCUT2D eigenvalue weighted by Crippen LogP contribution is 2.27. The Morgan fingerprint density at radius 2 is 1.75 bits per heavy atom. The van der Waals surface area contributed by atoms with Gasteiger partial charge in [0, 0.05) is 5.69 Å². The molecule has 0 saturated carbocycles. The normalized spacial score (nSPS) is 11.9. The summed E-state index contributed by atoms with van der Waals surface area (Å²) in [4.78, 5) is 12.3. The van der Waals surface area contributed by atoms with Gasteiger partial charge in [-0.05, 0) is 48.7 Å². The first kappa shape index (κ1) is 17.7. The maximum absolute atomic E-state index is 12.3. The average molecular weight is 328 g/mol. The Balaban J connectivity index is 2.03. The lowest BCUT2D eigenvalue weighted by Gasteiger charge is -2.17. The number of methoxy groups -OCH3 is 1. The molecule has 0 heterocycles. The number of nitrogen functional groups attached to an aromatic ring is 1. The summed E-state index contributed by atoms with van der Waals surface area (Å²) in [6.45, 7) is 5.96. The van der Waals surface area contributed by atoms with Gasteiger partial charge >= 0.3 is 0 Å². The molecule has 24 heavy (non-hydrogen) atoms. The molecule has 2 aromatic rings. The van der Waals surface area contributed by atoms with Gasteiger partial charge in [-0.1, -0.05) is 26.0 Å². The van der Waals surface area contributed by atoms with E-state index in [1.54, 1.807) is 25.1 Å². The standard InChI is InChI=1S/C19H24N2O3/c1-12(2)14-5-8-16(9-6-14)24-13(3)19(22)21-17-11-15(20)7-10-18(17)23-4/h5-13H,20H2,1-4H3,(H,21,22)/t13-/m0/s1. The van der Waals surface area contributed by atoms with Gasteiger partial charge in [0.2, 0.25) is 0 Å². The second kappa shape index (κ2) is 7.73. The topological polar surface area (TPSA) is 73.6 Å². The summed E-state index contributed by atoms with van der Waals surface area (Å²) in [6.07, 6.45) is -0.652. The summed E-state index contributed by atoms with van der Waals surface area (Å²) in [6, 6.07) is 12.8. The van der Waals surface area contributed by atoms with Gasteiger partial charge in [0.05, 0.1) is 12.8 Å². The third kappa shape index (κ3) is 4.41. The van der Waals surface area contributed by atoms with Crippen LogP contribution in [-0.4, -0.2) is 19.1 Å². The zero-order valence-corrected chi connectivity index (χ0v) is 14.5. The number of rotatable bonds is 6. The van der Waals surface area contributed by atoms with Crippen molar-refractivity contribution >= 4 is 17.3 Å². The van der Waals surface area contributed by atoms with E-state index in [0.29, 0.717) is 28.8 Å². The molecule has 0 saturated heterocycles. The molecule has 5 nitrogen and oxygen atoms in total. The van der Waals surface area contributed by atoms with Gasteiger partial charge in [0.1, 0.15) is 11.5 Å². The van der Waals surface area contributed by atoms with Crippen LogP contribution in [0, 0.1) is 0 Å². The van der Waals surface area contributed by atoms with Gasteiger partial charge in [-0.3, -0.25) is 4.79 Å². The second-order valence-electron chi connectivity index (χ2n) is 5.93. The molecule has 0 aliphatic heterocycles. The average Bonchev–Trinajstić information content (AvgIpc) is 2.55. The quantitative estimate of drug-likeness (QED) is 0.791. The highest BCUT2D eigenvalue weighted by molar-refractivity contribution is 5.95. The van der Waals surface area contributed by atoms with Crippen LogP contribution in [0.15, 0.2) is 42.5 Å². The minimum Gasteiger partial charge on any atom is -0.495 e. The lowest BCUT2D eigenvalue weighted by atomic mass is 10.0. The summed E-state index contributed by atoms with van der Waals surface area (Å²) < 4.78 is 10.9. The summed E-state index contributed by atoms with van der Waals surface area (Å²) in [7, 11) is 1.54. The number of carbonyl (C=O) groups excluding carboxylic acids is 1. The van der Waals surface area contributed by atoms with Crippen LogP contribution in [0.25, 0.3) is 0 Å². The summed E-state index contributed by atoms with van der Waals surface area (Å²) >= 11 is 0. The fourth-order valence-corrected chi connectivity index (χ4v) is 2.25. The van der Waals surface area contributed by atoms with E-state index in [9.17, 15) is 4.79 Å². The molecule has 1 amide bonds. The Bertz CT molecular complexity index is 696. The zero-order chi connectivity index (χ0) is 17.7. The monoisotopic (exact) mass is 328 g/mol. The molecule has 0 aliphatic carbocycles. The fourth-order valence-electron chi connectivity index (χ4n) is 2.25. The number of amides is 1. The first-order chi connectivity index (χ1) is 11.4. The molecule has 3 N–H and O–H groups in total. The Morgan fingerprint density at radius 3 is 2.33 bits per heavy atom. The van der Waals surface area contributed by atoms with Gasteiger partial charge in [0.25, 0.3) is 5.91 Å². The maximum Gasteiger partial charge on any atom is 0.265 e. The Morgan fingerprint density at radius 1 is 1.08 bits per heavy atom. The number of anilines is 2. The molecule has 2 rings (SSSR count). The zero-order valence-electron chi connectivity index (χ0n) is 14.5. The molecule has 0 fully saturated rings. The molecule has 0 spiro atoms. The van der Waals surface area contributed by atoms with Gasteiger partial charge in [-0.15, -0.1) is 0 Å². The summed E-state index contributed by atoms with van der Waals surface area (Å²) in [5.41, 5.74) is 8.05. The van der Waals surface area contributed by atoms with Crippen LogP contribution in [0.1, 0.15) is 32.3 Å². The van der Waals surface area contributed by atoms with Crippen molar-refractivity contribution in [2.45, 2.75) is 32.8 Å². The molecule has 5 heteroatoms. The van der Waals surface area contributed by atoms with Crippen LogP contribution in [-0.2, 0) is 4.79 Å². The maximum atomic E-state index is 12.3. The Hall–Kier alpha value is -2.69. The van der Waals surface area contributed by atoms with E-state index in [4.69, 9.17) is 15.2 Å². The van der Waals surface area contributed by atoms with Gasteiger partial charge in [-0.25, -0.2) is 0 Å². The lowest BCUT2D eigenvalue weighted by molar-refractivity contribution is -0.122. The number of carbonyl (C=O) groups is 1. The second-order valence-corrected chi connectivity index (χ2v) is 5.93. The van der Waals surface area contributed by atoms with Crippen LogP contribution >= 0.6 is 0 Å². The van der Waals surface area contributed by atoms with Crippen molar-refractivity contribution in [3.63, 3.8) is 0 Å². The number of hydrogen-bond acceptors (Lipinski definition) is 4. The minimum absolute atomic E-state index is 0.271. The number of hydrogen-bond donors (Lipinski definition) is 2. The minimum atomic E-state index is -0.652. The van der Waals surface area contributed by atoms with Crippen molar-refractivity contribution in [3.05, 3.63) is 48.0 Å². The number of ether oxygens (including phenoxy) is 2. The third-order valence-corrected chi connectivity index (χ3v) is 3.71. The van der Waals surface area contributed by atoms with E-state index in [0.717, 1.165) is 0 Å². The highest BCUT2D eigenvalue weighted by Gasteiger charge is 2.17. The van der Waals surface area contributed by atoms with Gasteiger partial charge < -0.3 is 20.5 Å². The summed E-state index contributed by atoms with van der Waals surface area (Å²) in [5.74, 6) is 1.38. The summed E-state index contributed by atoms with van der Waals surface area (Å²) in [5, 5.41) is 2.78. The van der Waals surface area contributed by atoms with E-state index in [1.807, 2.05) is 24.3 Å². The molecule has 0 aromatic heterocycles. The van der Waals surface area contributed by atoms with Crippen LogP contribution < -0.4 is 20.5 Å². The van der Waals surface area contributed by atoms with Crippen molar-refractivity contribution < 1.29 is 14.3 Å². The van der Waals surface area contributed by atoms with E-state index < -0.39 is 6.10 Å². The smallest absolute Gasteiger partial charge is 0.265 e. The molecule has 2 aromatic carbocycles. The molecular weight excluding hydrogens is 304 g/mol. The molecular formula is C19H24N2O3. The van der Waals surface area contributed by atoms with E-state index in [2.05, 4.69) is 19.2 Å². The molecule has 0 unspecified atom stereocenters. The van der Waals surface area contributed by atoms with Crippen LogP contribution in [0.5, 0.6) is 11.5 Å². The van der Waals surface area contributed by atoms with Gasteiger partial charge in [-0.2, -0.15) is 0 Å². The van der Waals surface area contributed by atoms with Crippen molar-refractivity contribution in [2.24, 2.45) is 0 Å². The molecule has 128 valence electrons. The van der Waals surface area contributed by atoms with Crippen molar-refractivity contribution in [2.75, 3.05) is 18.2 Å². The van der Waals surface area contributed by atoms with Gasteiger partial charge in [0.15, 0.2) is 6.10 Å². The fraction of sp³-hybridized carbons (Fsp3) is 0.316. The first-order valence-electron chi connectivity index (χ1n) is 7.91. The number of nitrogens with two attached hydrogens (primary N) is 1. The van der Waals surface area contributed by atoms with Crippen LogP contribution in [0.2, 0.25) is 0 Å². The van der Waals surface area contributed by atoms with E-state index in [1.165, 1.54) is 12.7 Å². The SMILES string of the molecule is COc1ccc(N)cc1NC(=O)[C@H](C)Oc1ccc(C(C)C)cc1. The number of benzene rings is 2. The molecule has 0 aliphatic rings.